The van der Waals surface area contributed by atoms with Gasteiger partial charge in [0.15, 0.2) is 0 Å². The highest BCUT2D eigenvalue weighted by Crippen LogP contribution is 2.33. The van der Waals surface area contributed by atoms with E-state index in [1.807, 2.05) is 29.8 Å². The Labute approximate surface area is 113 Å². The van der Waals surface area contributed by atoms with Crippen molar-refractivity contribution in [3.63, 3.8) is 0 Å². The van der Waals surface area contributed by atoms with Crippen LogP contribution in [0.4, 0.5) is 5.82 Å². The van der Waals surface area contributed by atoms with Gasteiger partial charge in [-0.25, -0.2) is 4.98 Å². The molecule has 100 valence electrons. The molecule has 1 aromatic carbocycles. The molecule has 1 saturated heterocycles. The Hall–Kier alpha value is -1.81. The van der Waals surface area contributed by atoms with Gasteiger partial charge in [0.05, 0.1) is 5.69 Å². The summed E-state index contributed by atoms with van der Waals surface area (Å²) in [6.07, 6.45) is 2.02. The molecule has 0 saturated carbocycles. The molecule has 0 atom stereocenters. The topological polar surface area (TPSA) is 53.1 Å². The van der Waals surface area contributed by atoms with Crippen LogP contribution in [0, 0.1) is 0 Å². The van der Waals surface area contributed by atoms with E-state index in [0.717, 1.165) is 49.0 Å². The minimum absolute atomic E-state index is 0.428. The zero-order chi connectivity index (χ0) is 13.2. The van der Waals surface area contributed by atoms with Crippen molar-refractivity contribution < 1.29 is 4.74 Å². The van der Waals surface area contributed by atoms with E-state index in [4.69, 9.17) is 15.5 Å². The molecule has 0 bridgehead atoms. The highest BCUT2D eigenvalue weighted by molar-refractivity contribution is 5.60. The number of nitrogens with two attached hydrogens (primary N) is 1. The summed E-state index contributed by atoms with van der Waals surface area (Å²) in [7, 11) is 1.98. The van der Waals surface area contributed by atoms with Gasteiger partial charge in [0, 0.05) is 31.7 Å². The zero-order valence-electron chi connectivity index (χ0n) is 11.2. The fourth-order valence-electron chi connectivity index (χ4n) is 2.65. The first kappa shape index (κ1) is 12.2. The van der Waals surface area contributed by atoms with Crippen LogP contribution in [-0.4, -0.2) is 22.8 Å². The third kappa shape index (κ3) is 2.24. The first-order valence-corrected chi connectivity index (χ1v) is 6.72. The summed E-state index contributed by atoms with van der Waals surface area (Å²) in [5.74, 6) is 2.16. The molecule has 0 spiro atoms. The molecule has 0 unspecified atom stereocenters. The highest BCUT2D eigenvalue weighted by Gasteiger charge is 2.23. The molecule has 0 amide bonds. The second-order valence-corrected chi connectivity index (χ2v) is 5.02. The maximum Gasteiger partial charge on any atom is 0.141 e. The lowest BCUT2D eigenvalue weighted by Gasteiger charge is -2.20. The van der Waals surface area contributed by atoms with Crippen molar-refractivity contribution in [2.75, 3.05) is 18.9 Å². The lowest BCUT2D eigenvalue weighted by molar-refractivity contribution is 0.0847. The Morgan fingerprint density at radius 1 is 1.21 bits per heavy atom. The van der Waals surface area contributed by atoms with Crippen LogP contribution < -0.4 is 5.73 Å². The molecule has 1 aliphatic heterocycles. The number of ether oxygens (including phenoxy) is 1. The molecule has 19 heavy (non-hydrogen) atoms. The number of aromatic nitrogens is 2. The smallest absolute Gasteiger partial charge is 0.141 e. The van der Waals surface area contributed by atoms with E-state index in [1.165, 1.54) is 0 Å². The molecule has 0 radical (unpaired) electrons. The van der Waals surface area contributed by atoms with Crippen LogP contribution in [0.2, 0.25) is 0 Å². The van der Waals surface area contributed by atoms with Crippen LogP contribution in [0.3, 0.4) is 0 Å². The summed E-state index contributed by atoms with van der Waals surface area (Å²) in [6, 6.07) is 10.2. The predicted molar refractivity (Wildman–Crippen MR) is 75.9 cm³/mol. The van der Waals surface area contributed by atoms with Crippen molar-refractivity contribution in [3.05, 3.63) is 36.0 Å². The monoisotopic (exact) mass is 257 g/mol. The van der Waals surface area contributed by atoms with Gasteiger partial charge in [0.1, 0.15) is 11.6 Å². The van der Waals surface area contributed by atoms with E-state index in [-0.39, 0.29) is 0 Å². The van der Waals surface area contributed by atoms with Gasteiger partial charge in [0.25, 0.3) is 0 Å². The average Bonchev–Trinajstić information content (AvgIpc) is 2.77. The second-order valence-electron chi connectivity index (χ2n) is 5.02. The van der Waals surface area contributed by atoms with Gasteiger partial charge in [-0.05, 0) is 12.8 Å². The second kappa shape index (κ2) is 5.05. The molecule has 1 aliphatic rings. The maximum atomic E-state index is 6.23. The van der Waals surface area contributed by atoms with Gasteiger partial charge in [-0.15, -0.1) is 0 Å². The zero-order valence-corrected chi connectivity index (χ0v) is 11.2. The van der Waals surface area contributed by atoms with Gasteiger partial charge in [-0.2, -0.15) is 0 Å². The van der Waals surface area contributed by atoms with E-state index in [0.29, 0.717) is 5.92 Å². The molecule has 2 aromatic rings. The van der Waals surface area contributed by atoms with Crippen molar-refractivity contribution in [1.29, 1.82) is 0 Å². The van der Waals surface area contributed by atoms with Gasteiger partial charge >= 0.3 is 0 Å². The number of nitrogens with zero attached hydrogens (tertiary/aromatic N) is 2. The SMILES string of the molecule is Cn1c(-c2ccccc2)nc(C2CCOCC2)c1N. The molecule has 2 heterocycles. The van der Waals surface area contributed by atoms with Gasteiger partial charge in [0.2, 0.25) is 0 Å². The van der Waals surface area contributed by atoms with Crippen molar-refractivity contribution in [1.82, 2.24) is 9.55 Å². The minimum atomic E-state index is 0.428. The van der Waals surface area contributed by atoms with Crippen LogP contribution in [0.5, 0.6) is 0 Å². The molecule has 3 rings (SSSR count). The summed E-state index contributed by atoms with van der Waals surface area (Å²) in [5.41, 5.74) is 8.37. The van der Waals surface area contributed by atoms with Crippen LogP contribution in [-0.2, 0) is 11.8 Å². The minimum Gasteiger partial charge on any atom is -0.384 e. The Morgan fingerprint density at radius 3 is 2.58 bits per heavy atom. The summed E-state index contributed by atoms with van der Waals surface area (Å²) < 4.78 is 7.39. The first-order valence-electron chi connectivity index (χ1n) is 6.72. The summed E-state index contributed by atoms with van der Waals surface area (Å²) >= 11 is 0. The van der Waals surface area contributed by atoms with Crippen molar-refractivity contribution in [2.24, 2.45) is 7.05 Å². The van der Waals surface area contributed by atoms with E-state index in [2.05, 4.69) is 12.1 Å². The fourth-order valence-corrected chi connectivity index (χ4v) is 2.65. The van der Waals surface area contributed by atoms with Gasteiger partial charge in [-0.1, -0.05) is 30.3 Å². The number of hydrogen-bond donors (Lipinski definition) is 1. The largest absolute Gasteiger partial charge is 0.384 e. The number of benzene rings is 1. The highest BCUT2D eigenvalue weighted by atomic mass is 16.5. The Kier molecular flexibility index (Phi) is 3.25. The van der Waals surface area contributed by atoms with Crippen molar-refractivity contribution >= 4 is 5.82 Å². The molecule has 4 heteroatoms. The lowest BCUT2D eigenvalue weighted by atomic mass is 9.96. The number of nitrogen functional groups attached to an aromatic ring is 1. The molecular weight excluding hydrogens is 238 g/mol. The summed E-state index contributed by atoms with van der Waals surface area (Å²) in [4.78, 5) is 4.79. The lowest BCUT2D eigenvalue weighted by Crippen LogP contribution is -2.15. The van der Waals surface area contributed by atoms with E-state index in [9.17, 15) is 0 Å². The van der Waals surface area contributed by atoms with Crippen LogP contribution >= 0.6 is 0 Å². The molecule has 1 aromatic heterocycles. The molecule has 1 fully saturated rings. The van der Waals surface area contributed by atoms with E-state index in [1.54, 1.807) is 0 Å². The Morgan fingerprint density at radius 2 is 1.89 bits per heavy atom. The molecule has 0 aliphatic carbocycles. The Bertz CT molecular complexity index is 556. The van der Waals surface area contributed by atoms with Gasteiger partial charge < -0.3 is 15.0 Å². The number of rotatable bonds is 2. The first-order chi connectivity index (χ1) is 9.27. The standard InChI is InChI=1S/C15H19N3O/c1-18-14(16)13(11-7-9-19-10-8-11)17-15(18)12-5-3-2-4-6-12/h2-6,11H,7-10,16H2,1H3. The van der Waals surface area contributed by atoms with Crippen LogP contribution in [0.25, 0.3) is 11.4 Å². The Balaban J connectivity index is 1.99. The molecule has 4 nitrogen and oxygen atoms in total. The van der Waals surface area contributed by atoms with Crippen LogP contribution in [0.15, 0.2) is 30.3 Å². The third-order valence-electron chi connectivity index (χ3n) is 3.81. The summed E-state index contributed by atoms with van der Waals surface area (Å²) in [5, 5.41) is 0. The fraction of sp³-hybridized carbons (Fsp3) is 0.400. The van der Waals surface area contributed by atoms with Crippen molar-refractivity contribution in [2.45, 2.75) is 18.8 Å². The predicted octanol–water partition coefficient (Wildman–Crippen LogP) is 2.56. The van der Waals surface area contributed by atoms with E-state index < -0.39 is 0 Å². The average molecular weight is 257 g/mol. The van der Waals surface area contributed by atoms with Crippen LogP contribution in [0.1, 0.15) is 24.5 Å². The number of imidazole rings is 1. The van der Waals surface area contributed by atoms with Crippen molar-refractivity contribution in [3.8, 4) is 11.4 Å². The quantitative estimate of drug-likeness (QED) is 0.899. The molecular formula is C15H19N3O. The van der Waals surface area contributed by atoms with E-state index >= 15 is 0 Å². The summed E-state index contributed by atoms with van der Waals surface area (Å²) in [6.45, 7) is 1.61. The third-order valence-corrected chi connectivity index (χ3v) is 3.81. The van der Waals surface area contributed by atoms with Gasteiger partial charge in [-0.3, -0.25) is 0 Å². The number of hydrogen-bond acceptors (Lipinski definition) is 3. The molecule has 2 N–H and O–H groups in total. The number of anilines is 1. The normalized spacial score (nSPS) is 16.7. The maximum absolute atomic E-state index is 6.23.